The topological polar surface area (TPSA) is 56.5 Å². The van der Waals surface area contributed by atoms with Crippen LogP contribution in [0.3, 0.4) is 0 Å². The number of thiophene rings is 1. The quantitative estimate of drug-likeness (QED) is 0.682. The van der Waals surface area contributed by atoms with E-state index < -0.39 is 5.97 Å². The molecule has 0 N–H and O–H groups in total. The number of carbonyl (C=O) groups is 1. The summed E-state index contributed by atoms with van der Waals surface area (Å²) in [4.78, 5) is 11.6. The van der Waals surface area contributed by atoms with Gasteiger partial charge in [0.1, 0.15) is 0 Å². The molecule has 0 amide bonds. The first kappa shape index (κ1) is 12.1. The minimum atomic E-state index is -0.450. The lowest BCUT2D eigenvalue weighted by Gasteiger charge is -2.03. The predicted octanol–water partition coefficient (Wildman–Crippen LogP) is 2.90. The monoisotopic (exact) mass is 293 g/mol. The van der Waals surface area contributed by atoms with Gasteiger partial charge in [0.2, 0.25) is 0 Å². The summed E-state index contributed by atoms with van der Waals surface area (Å²) in [5.41, 5.74) is 1.79. The Labute approximate surface area is 117 Å². The summed E-state index contributed by atoms with van der Waals surface area (Å²) in [6, 6.07) is 3.45. The van der Waals surface area contributed by atoms with Crippen LogP contribution in [0.4, 0.5) is 0 Å². The first-order valence-corrected chi connectivity index (χ1v) is 6.68. The van der Waals surface area contributed by atoms with E-state index >= 15 is 0 Å². The van der Waals surface area contributed by atoms with Crippen LogP contribution in [0.25, 0.3) is 17.0 Å². The van der Waals surface area contributed by atoms with E-state index in [1.807, 2.05) is 16.8 Å². The Bertz CT molecular complexity index is 752. The third kappa shape index (κ3) is 1.98. The van der Waals surface area contributed by atoms with Crippen molar-refractivity contribution in [1.29, 1.82) is 0 Å². The van der Waals surface area contributed by atoms with Gasteiger partial charge in [-0.05, 0) is 17.5 Å². The molecule has 3 aromatic heterocycles. The number of fused-ring (bicyclic) bond motifs is 1. The second-order valence-corrected chi connectivity index (χ2v) is 4.98. The molecular weight excluding hydrogens is 286 g/mol. The van der Waals surface area contributed by atoms with Crippen LogP contribution in [0.1, 0.15) is 10.4 Å². The number of hydrogen-bond acceptors (Lipinski definition) is 5. The van der Waals surface area contributed by atoms with E-state index in [9.17, 15) is 4.79 Å². The van der Waals surface area contributed by atoms with Crippen LogP contribution >= 0.6 is 22.9 Å². The minimum Gasteiger partial charge on any atom is -0.465 e. The molecule has 3 heterocycles. The first-order valence-electron chi connectivity index (χ1n) is 5.36. The molecule has 0 fully saturated rings. The normalized spacial score (nSPS) is 10.8. The van der Waals surface area contributed by atoms with Gasteiger partial charge in [-0.1, -0.05) is 11.6 Å². The smallest absolute Gasteiger partial charge is 0.339 e. The lowest BCUT2D eigenvalue weighted by Crippen LogP contribution is -2.03. The van der Waals surface area contributed by atoms with Gasteiger partial charge >= 0.3 is 5.97 Å². The highest BCUT2D eigenvalue weighted by Gasteiger charge is 2.15. The van der Waals surface area contributed by atoms with Gasteiger partial charge in [-0.2, -0.15) is 11.3 Å². The van der Waals surface area contributed by atoms with Crippen molar-refractivity contribution in [2.45, 2.75) is 0 Å². The molecule has 0 atom stereocenters. The van der Waals surface area contributed by atoms with Crippen LogP contribution in [0.2, 0.25) is 5.02 Å². The maximum absolute atomic E-state index is 11.6. The molecule has 0 saturated carbocycles. The highest BCUT2D eigenvalue weighted by Crippen LogP contribution is 2.25. The summed E-state index contributed by atoms with van der Waals surface area (Å²) < 4.78 is 6.39. The number of methoxy groups -OCH3 is 1. The van der Waals surface area contributed by atoms with Crippen molar-refractivity contribution in [1.82, 2.24) is 14.6 Å². The van der Waals surface area contributed by atoms with Gasteiger partial charge in [0.15, 0.2) is 11.5 Å². The molecule has 0 bridgehead atoms. The van der Waals surface area contributed by atoms with Gasteiger partial charge in [0.25, 0.3) is 0 Å². The fraction of sp³-hybridized carbons (Fsp3) is 0.0833. The fourth-order valence-electron chi connectivity index (χ4n) is 1.77. The number of esters is 1. The number of aromatic nitrogens is 3. The first-order chi connectivity index (χ1) is 9.20. The molecule has 0 radical (unpaired) electrons. The summed E-state index contributed by atoms with van der Waals surface area (Å²) in [6.07, 6.45) is 1.63. The van der Waals surface area contributed by atoms with Gasteiger partial charge in [0.05, 0.1) is 17.7 Å². The van der Waals surface area contributed by atoms with Crippen LogP contribution < -0.4 is 0 Å². The molecular formula is C12H8ClN3O2S. The van der Waals surface area contributed by atoms with Crippen molar-refractivity contribution in [3.05, 3.63) is 39.7 Å². The van der Waals surface area contributed by atoms with Crippen molar-refractivity contribution < 1.29 is 9.53 Å². The summed E-state index contributed by atoms with van der Waals surface area (Å²) in [7, 11) is 1.33. The fourth-order valence-corrected chi connectivity index (χ4v) is 2.65. The standard InChI is InChI=1S/C12H8ClN3O2S/c1-18-12(17)8-4-9(13)11-15-14-10(16(11)5-8)7-2-3-19-6-7/h2-6H,1H3. The zero-order valence-corrected chi connectivity index (χ0v) is 11.4. The molecule has 19 heavy (non-hydrogen) atoms. The van der Waals surface area contributed by atoms with Crippen molar-refractivity contribution >= 4 is 34.6 Å². The molecule has 0 saturated heterocycles. The zero-order chi connectivity index (χ0) is 13.4. The molecule has 5 nitrogen and oxygen atoms in total. The van der Waals surface area contributed by atoms with Crippen molar-refractivity contribution in [3.8, 4) is 11.4 Å². The van der Waals surface area contributed by atoms with Crippen molar-refractivity contribution in [3.63, 3.8) is 0 Å². The Balaban J connectivity index is 2.26. The molecule has 3 aromatic rings. The molecule has 0 aliphatic heterocycles. The van der Waals surface area contributed by atoms with Crippen LogP contribution in [0, 0.1) is 0 Å². The third-order valence-corrected chi connectivity index (χ3v) is 3.62. The molecule has 3 rings (SSSR count). The summed E-state index contributed by atoms with van der Waals surface area (Å²) >= 11 is 7.67. The predicted molar refractivity (Wildman–Crippen MR) is 72.6 cm³/mol. The number of carbonyl (C=O) groups excluding carboxylic acids is 1. The highest BCUT2D eigenvalue weighted by molar-refractivity contribution is 7.08. The van der Waals surface area contributed by atoms with E-state index in [-0.39, 0.29) is 0 Å². The Kier molecular flexibility index (Phi) is 2.96. The molecule has 96 valence electrons. The Morgan fingerprint density at radius 3 is 3.00 bits per heavy atom. The molecule has 0 spiro atoms. The van der Waals surface area contributed by atoms with Gasteiger partial charge in [-0.3, -0.25) is 4.40 Å². The minimum absolute atomic E-state index is 0.358. The van der Waals surface area contributed by atoms with Gasteiger partial charge in [-0.25, -0.2) is 4.79 Å². The molecule has 0 unspecified atom stereocenters. The second-order valence-electron chi connectivity index (χ2n) is 3.80. The van der Waals surface area contributed by atoms with E-state index in [1.54, 1.807) is 21.9 Å². The third-order valence-electron chi connectivity index (χ3n) is 2.66. The molecule has 0 aromatic carbocycles. The largest absolute Gasteiger partial charge is 0.465 e. The molecule has 0 aliphatic rings. The maximum atomic E-state index is 11.6. The van der Waals surface area contributed by atoms with Gasteiger partial charge in [0, 0.05) is 17.1 Å². The number of pyridine rings is 1. The summed E-state index contributed by atoms with van der Waals surface area (Å²) in [5, 5.41) is 12.4. The number of hydrogen-bond donors (Lipinski definition) is 0. The SMILES string of the molecule is COC(=O)c1cc(Cl)c2nnc(-c3ccsc3)n2c1. The average molecular weight is 294 g/mol. The Morgan fingerprint density at radius 2 is 2.32 bits per heavy atom. The average Bonchev–Trinajstić information content (AvgIpc) is 3.05. The van der Waals surface area contributed by atoms with Crippen molar-refractivity contribution in [2.24, 2.45) is 0 Å². The molecule has 0 aliphatic carbocycles. The van der Waals surface area contributed by atoms with E-state index in [2.05, 4.69) is 10.2 Å². The lowest BCUT2D eigenvalue weighted by molar-refractivity contribution is 0.0600. The van der Waals surface area contributed by atoms with E-state index in [0.717, 1.165) is 5.56 Å². The Hall–Kier alpha value is -1.92. The van der Waals surface area contributed by atoms with Gasteiger partial charge in [-0.15, -0.1) is 10.2 Å². The zero-order valence-electron chi connectivity index (χ0n) is 9.83. The van der Waals surface area contributed by atoms with Crippen LogP contribution in [0.15, 0.2) is 29.1 Å². The highest BCUT2D eigenvalue weighted by atomic mass is 35.5. The van der Waals surface area contributed by atoms with Crippen LogP contribution in [-0.4, -0.2) is 27.7 Å². The van der Waals surface area contributed by atoms with E-state index in [0.29, 0.717) is 22.1 Å². The maximum Gasteiger partial charge on any atom is 0.339 e. The van der Waals surface area contributed by atoms with E-state index in [1.165, 1.54) is 13.2 Å². The van der Waals surface area contributed by atoms with E-state index in [4.69, 9.17) is 16.3 Å². The lowest BCUT2D eigenvalue weighted by atomic mass is 10.2. The second kappa shape index (κ2) is 4.64. The van der Waals surface area contributed by atoms with Crippen molar-refractivity contribution in [2.75, 3.05) is 7.11 Å². The summed E-state index contributed by atoms with van der Waals surface area (Å²) in [5.74, 6) is 0.192. The summed E-state index contributed by atoms with van der Waals surface area (Å²) in [6.45, 7) is 0. The van der Waals surface area contributed by atoms with Gasteiger partial charge < -0.3 is 4.74 Å². The molecule has 7 heteroatoms. The Morgan fingerprint density at radius 1 is 1.47 bits per heavy atom. The number of halogens is 1. The van der Waals surface area contributed by atoms with Crippen LogP contribution in [0.5, 0.6) is 0 Å². The number of nitrogens with zero attached hydrogens (tertiary/aromatic N) is 3. The number of ether oxygens (including phenoxy) is 1. The number of rotatable bonds is 2. The van der Waals surface area contributed by atoms with Crippen LogP contribution in [-0.2, 0) is 4.74 Å².